The third-order valence-corrected chi connectivity index (χ3v) is 7.95. The fourth-order valence-electron chi connectivity index (χ4n) is 5.61. The quantitative estimate of drug-likeness (QED) is 0.198. The van der Waals surface area contributed by atoms with Crippen molar-refractivity contribution >= 4 is 0 Å². The first-order chi connectivity index (χ1) is 20.5. The molecule has 0 unspecified atom stereocenters. The Bertz CT molecular complexity index is 1520. The van der Waals surface area contributed by atoms with Gasteiger partial charge in [0.05, 0.1) is 24.2 Å². The zero-order valence-electron chi connectivity index (χ0n) is 23.4. The SMILES string of the molecule is O=c1n(CCN2CCC(c3ccccc3)CC2)nc(CCc2cc(C(F)(F)F)cc(C(F)(F)F)c2)n1Cc1ccccc1. The molecule has 2 heterocycles. The lowest BCUT2D eigenvalue weighted by Crippen LogP contribution is -2.37. The van der Waals surface area contributed by atoms with Crippen LogP contribution in [-0.2, 0) is 38.3 Å². The molecular formula is C32H32F6N4O. The molecule has 1 aliphatic rings. The number of halogens is 6. The van der Waals surface area contributed by atoms with Gasteiger partial charge >= 0.3 is 18.0 Å². The highest BCUT2D eigenvalue weighted by Crippen LogP contribution is 2.36. The first-order valence-corrected chi connectivity index (χ1v) is 14.2. The summed E-state index contributed by atoms with van der Waals surface area (Å²) in [5.74, 6) is 0.799. The molecule has 4 aromatic rings. The second-order valence-corrected chi connectivity index (χ2v) is 10.9. The largest absolute Gasteiger partial charge is 0.416 e. The Morgan fingerprint density at radius 3 is 1.88 bits per heavy atom. The number of hydrogen-bond donors (Lipinski definition) is 0. The molecule has 1 aromatic heterocycles. The molecule has 5 rings (SSSR count). The minimum Gasteiger partial charge on any atom is -0.301 e. The third kappa shape index (κ3) is 7.76. The summed E-state index contributed by atoms with van der Waals surface area (Å²) < 4.78 is 83.1. The second-order valence-electron chi connectivity index (χ2n) is 10.9. The monoisotopic (exact) mass is 602 g/mol. The number of aromatic nitrogens is 3. The van der Waals surface area contributed by atoms with Crippen LogP contribution in [0.4, 0.5) is 26.3 Å². The summed E-state index contributed by atoms with van der Waals surface area (Å²) in [6, 6.07) is 21.1. The summed E-state index contributed by atoms with van der Waals surface area (Å²) in [7, 11) is 0. The van der Waals surface area contributed by atoms with Gasteiger partial charge in [-0.1, -0.05) is 60.7 Å². The molecule has 0 atom stereocenters. The highest BCUT2D eigenvalue weighted by atomic mass is 19.4. The number of rotatable bonds is 9. The van der Waals surface area contributed by atoms with Crippen LogP contribution in [0.3, 0.4) is 0 Å². The van der Waals surface area contributed by atoms with E-state index < -0.39 is 23.5 Å². The molecule has 0 spiro atoms. The van der Waals surface area contributed by atoms with Gasteiger partial charge in [-0.2, -0.15) is 31.4 Å². The molecule has 228 valence electrons. The van der Waals surface area contributed by atoms with Crippen LogP contribution in [-0.4, -0.2) is 38.9 Å². The molecule has 5 nitrogen and oxygen atoms in total. The maximum Gasteiger partial charge on any atom is 0.416 e. The summed E-state index contributed by atoms with van der Waals surface area (Å²) in [5.41, 5.74) is -1.06. The highest BCUT2D eigenvalue weighted by Gasteiger charge is 2.37. The van der Waals surface area contributed by atoms with E-state index in [1.807, 2.05) is 48.5 Å². The van der Waals surface area contributed by atoms with Crippen LogP contribution in [0.1, 0.15) is 52.4 Å². The molecule has 3 aromatic carbocycles. The molecule has 1 fully saturated rings. The topological polar surface area (TPSA) is 43.1 Å². The smallest absolute Gasteiger partial charge is 0.301 e. The van der Waals surface area contributed by atoms with E-state index in [2.05, 4.69) is 22.1 Å². The Morgan fingerprint density at radius 2 is 1.30 bits per heavy atom. The standard InChI is InChI=1S/C32H32F6N4O/c33-31(34,35)27-19-24(20-28(21-27)32(36,37)38)11-12-29-39-42(30(43)41(29)22-23-7-3-1-4-8-23)18-17-40-15-13-26(14-16-40)25-9-5-2-6-10-25/h1-10,19-21,26H,11-18,22H2. The van der Waals surface area contributed by atoms with Gasteiger partial charge in [0, 0.05) is 13.0 Å². The predicted molar refractivity (Wildman–Crippen MR) is 151 cm³/mol. The van der Waals surface area contributed by atoms with Gasteiger partial charge in [0.15, 0.2) is 0 Å². The summed E-state index contributed by atoms with van der Waals surface area (Å²) in [5, 5.41) is 4.51. The first kappa shape index (κ1) is 30.6. The maximum absolute atomic E-state index is 13.4. The van der Waals surface area contributed by atoms with Crippen molar-refractivity contribution in [2.45, 2.75) is 57.0 Å². The van der Waals surface area contributed by atoms with E-state index in [1.165, 1.54) is 14.8 Å². The van der Waals surface area contributed by atoms with Crippen molar-refractivity contribution < 1.29 is 26.3 Å². The molecule has 1 aliphatic heterocycles. The number of nitrogens with zero attached hydrogens (tertiary/aromatic N) is 4. The van der Waals surface area contributed by atoms with Crippen molar-refractivity contribution in [3.63, 3.8) is 0 Å². The number of aryl methyl sites for hydroxylation is 2. The van der Waals surface area contributed by atoms with Crippen LogP contribution in [0, 0.1) is 0 Å². The van der Waals surface area contributed by atoms with E-state index in [-0.39, 0.29) is 36.7 Å². The normalized spacial score (nSPS) is 15.2. The Hall–Kier alpha value is -3.86. The number of hydrogen-bond acceptors (Lipinski definition) is 3. The van der Waals surface area contributed by atoms with Crippen molar-refractivity contribution in [1.82, 2.24) is 19.2 Å². The van der Waals surface area contributed by atoms with Crippen molar-refractivity contribution in [3.8, 4) is 0 Å². The predicted octanol–water partition coefficient (Wildman–Crippen LogP) is 6.80. The van der Waals surface area contributed by atoms with Gasteiger partial charge in [0.25, 0.3) is 0 Å². The Kier molecular flexibility index (Phi) is 9.10. The summed E-state index contributed by atoms with van der Waals surface area (Å²) in [4.78, 5) is 15.7. The van der Waals surface area contributed by atoms with Crippen LogP contribution in [0.5, 0.6) is 0 Å². The van der Waals surface area contributed by atoms with Crippen molar-refractivity contribution in [3.05, 3.63) is 123 Å². The van der Waals surface area contributed by atoms with E-state index in [1.54, 1.807) is 0 Å². The average molecular weight is 603 g/mol. The Labute approximate surface area is 245 Å². The highest BCUT2D eigenvalue weighted by molar-refractivity contribution is 5.34. The summed E-state index contributed by atoms with van der Waals surface area (Å²) in [6.45, 7) is 2.87. The molecular weight excluding hydrogens is 570 g/mol. The van der Waals surface area contributed by atoms with E-state index in [0.29, 0.717) is 24.8 Å². The van der Waals surface area contributed by atoms with Gasteiger partial charge in [0.2, 0.25) is 0 Å². The van der Waals surface area contributed by atoms with Crippen LogP contribution in [0.25, 0.3) is 0 Å². The molecule has 0 radical (unpaired) electrons. The molecule has 0 bridgehead atoms. The van der Waals surface area contributed by atoms with Gasteiger partial charge in [-0.25, -0.2) is 9.48 Å². The minimum atomic E-state index is -4.93. The first-order valence-electron chi connectivity index (χ1n) is 14.2. The molecule has 0 N–H and O–H groups in total. The van der Waals surface area contributed by atoms with E-state index in [0.717, 1.165) is 43.6 Å². The number of alkyl halides is 6. The Morgan fingerprint density at radius 1 is 0.721 bits per heavy atom. The van der Waals surface area contributed by atoms with Crippen LogP contribution in [0.15, 0.2) is 83.7 Å². The number of piperidine rings is 1. The third-order valence-electron chi connectivity index (χ3n) is 7.95. The van der Waals surface area contributed by atoms with Gasteiger partial charge in [-0.05, 0) is 73.2 Å². The van der Waals surface area contributed by atoms with E-state index >= 15 is 0 Å². The number of benzene rings is 3. The van der Waals surface area contributed by atoms with Crippen molar-refractivity contribution in [1.29, 1.82) is 0 Å². The summed E-state index contributed by atoms with van der Waals surface area (Å²) in [6.07, 6.45) is -8.00. The van der Waals surface area contributed by atoms with E-state index in [4.69, 9.17) is 0 Å². The molecule has 0 amide bonds. The fraction of sp³-hybridized carbons (Fsp3) is 0.375. The molecule has 0 aliphatic carbocycles. The maximum atomic E-state index is 13.4. The lowest BCUT2D eigenvalue weighted by Gasteiger charge is -2.32. The van der Waals surface area contributed by atoms with Gasteiger partial charge in [0.1, 0.15) is 5.82 Å². The Balaban J connectivity index is 1.33. The minimum absolute atomic E-state index is 0.00382. The summed E-state index contributed by atoms with van der Waals surface area (Å²) >= 11 is 0. The van der Waals surface area contributed by atoms with Gasteiger partial charge in [-0.3, -0.25) is 4.57 Å². The van der Waals surface area contributed by atoms with Crippen LogP contribution < -0.4 is 5.69 Å². The number of likely N-dealkylation sites (tertiary alicyclic amines) is 1. The zero-order valence-corrected chi connectivity index (χ0v) is 23.4. The molecule has 1 saturated heterocycles. The zero-order chi connectivity index (χ0) is 30.6. The van der Waals surface area contributed by atoms with Gasteiger partial charge < -0.3 is 4.90 Å². The average Bonchev–Trinajstić information content (AvgIpc) is 3.28. The lowest BCUT2D eigenvalue weighted by atomic mass is 9.89. The van der Waals surface area contributed by atoms with Crippen molar-refractivity contribution in [2.75, 3.05) is 19.6 Å². The lowest BCUT2D eigenvalue weighted by molar-refractivity contribution is -0.143. The molecule has 0 saturated carbocycles. The molecule has 11 heteroatoms. The fourth-order valence-corrected chi connectivity index (χ4v) is 5.61. The molecule has 43 heavy (non-hydrogen) atoms. The second kappa shape index (κ2) is 12.8. The van der Waals surface area contributed by atoms with Crippen molar-refractivity contribution in [2.24, 2.45) is 0 Å². The van der Waals surface area contributed by atoms with E-state index in [9.17, 15) is 31.1 Å². The van der Waals surface area contributed by atoms with Crippen LogP contribution >= 0.6 is 0 Å². The van der Waals surface area contributed by atoms with Crippen LogP contribution in [0.2, 0.25) is 0 Å². The van der Waals surface area contributed by atoms with Gasteiger partial charge in [-0.15, -0.1) is 0 Å².